The highest BCUT2D eigenvalue weighted by Crippen LogP contribution is 2.32. The topological polar surface area (TPSA) is 114 Å². The number of anilines is 1. The molecule has 0 saturated carbocycles. The minimum absolute atomic E-state index is 0.169. The second-order valence-electron chi connectivity index (χ2n) is 7.51. The first-order valence-electron chi connectivity index (χ1n) is 9.31. The Morgan fingerprint density at radius 1 is 1.07 bits per heavy atom. The van der Waals surface area contributed by atoms with Crippen LogP contribution in [-0.2, 0) is 15.8 Å². The monoisotopic (exact) mass is 416 g/mol. The van der Waals surface area contributed by atoms with Gasteiger partial charge in [-0.15, -0.1) is 5.10 Å². The van der Waals surface area contributed by atoms with Crippen LogP contribution in [0.4, 0.5) is 10.5 Å². The molecule has 0 radical (unpaired) electrons. The number of hydrogen-bond donors (Lipinski definition) is 2. The van der Waals surface area contributed by atoms with Crippen molar-refractivity contribution in [1.29, 1.82) is 0 Å². The molecule has 2 amide bonds. The lowest BCUT2D eigenvalue weighted by Gasteiger charge is -2.20. The number of nitrogens with one attached hydrogen (secondary N) is 2. The molecule has 8 nitrogen and oxygen atoms in total. The summed E-state index contributed by atoms with van der Waals surface area (Å²) in [6, 6.07) is 9.78. The SMILES string of the molecule is CC(C)c1cccc(C(C)C)c1NC(=O)NS(=O)(=O)Cc1ccc2nnoc2c1. The van der Waals surface area contributed by atoms with Crippen LogP contribution < -0.4 is 10.0 Å². The number of fused-ring (bicyclic) bond motifs is 1. The van der Waals surface area contributed by atoms with Crippen LogP contribution in [0.5, 0.6) is 0 Å². The Morgan fingerprint density at radius 3 is 2.34 bits per heavy atom. The molecule has 0 fully saturated rings. The van der Waals surface area contributed by atoms with Crippen molar-refractivity contribution < 1.29 is 17.7 Å². The third-order valence-electron chi connectivity index (χ3n) is 4.53. The number of hydrogen-bond acceptors (Lipinski definition) is 6. The van der Waals surface area contributed by atoms with Gasteiger partial charge in [0.1, 0.15) is 5.52 Å². The molecule has 0 atom stereocenters. The van der Waals surface area contributed by atoms with E-state index in [1.165, 1.54) is 6.07 Å². The molecule has 0 unspecified atom stereocenters. The van der Waals surface area contributed by atoms with Crippen molar-refractivity contribution in [3.63, 3.8) is 0 Å². The Labute approximate surface area is 169 Å². The first-order valence-corrected chi connectivity index (χ1v) is 11.0. The molecule has 0 aliphatic rings. The zero-order valence-corrected chi connectivity index (χ0v) is 17.6. The quantitative estimate of drug-likeness (QED) is 0.625. The van der Waals surface area contributed by atoms with Gasteiger partial charge in [0.2, 0.25) is 10.0 Å². The molecule has 0 bridgehead atoms. The maximum atomic E-state index is 12.5. The molecule has 3 aromatic rings. The second kappa shape index (κ2) is 8.20. The van der Waals surface area contributed by atoms with Gasteiger partial charge in [-0.1, -0.05) is 52.0 Å². The van der Waals surface area contributed by atoms with E-state index in [1.807, 2.05) is 45.9 Å². The van der Waals surface area contributed by atoms with Gasteiger partial charge in [-0.3, -0.25) is 0 Å². The number of sulfonamides is 1. The van der Waals surface area contributed by atoms with Crippen molar-refractivity contribution in [3.8, 4) is 0 Å². The van der Waals surface area contributed by atoms with Gasteiger partial charge in [0.05, 0.1) is 5.75 Å². The van der Waals surface area contributed by atoms with Gasteiger partial charge in [0, 0.05) is 11.0 Å². The number of carbonyl (C=O) groups excluding carboxylic acids is 1. The maximum Gasteiger partial charge on any atom is 0.332 e. The number of urea groups is 1. The van der Waals surface area contributed by atoms with E-state index in [0.29, 0.717) is 22.4 Å². The summed E-state index contributed by atoms with van der Waals surface area (Å²) in [6.45, 7) is 8.09. The first-order chi connectivity index (χ1) is 13.7. The highest BCUT2D eigenvalue weighted by Gasteiger charge is 2.20. The fraction of sp³-hybridized carbons (Fsp3) is 0.350. The molecule has 9 heteroatoms. The predicted octanol–water partition coefficient (Wildman–Crippen LogP) is 4.12. The molecule has 154 valence electrons. The van der Waals surface area contributed by atoms with Crippen LogP contribution in [0.1, 0.15) is 56.2 Å². The van der Waals surface area contributed by atoms with Gasteiger partial charge in [-0.25, -0.2) is 17.9 Å². The second-order valence-corrected chi connectivity index (χ2v) is 9.23. The molecule has 0 saturated heterocycles. The van der Waals surface area contributed by atoms with Crippen LogP contribution in [0, 0.1) is 0 Å². The summed E-state index contributed by atoms with van der Waals surface area (Å²) in [7, 11) is -3.92. The number of para-hydroxylation sites is 1. The highest BCUT2D eigenvalue weighted by molar-refractivity contribution is 7.89. The minimum Gasteiger partial charge on any atom is -0.337 e. The van der Waals surface area contributed by atoms with Crippen LogP contribution in [0.15, 0.2) is 40.9 Å². The summed E-state index contributed by atoms with van der Waals surface area (Å²) in [5.41, 5.74) is 3.93. The molecule has 1 aromatic heterocycles. The standard InChI is InChI=1S/C20H24N4O4S/c1-12(2)15-6-5-7-16(13(3)4)19(15)21-20(25)23-29(26,27)11-14-8-9-17-18(10-14)28-24-22-17/h5-10,12-13H,11H2,1-4H3,(H2,21,23,25). The summed E-state index contributed by atoms with van der Waals surface area (Å²) in [6.07, 6.45) is 0. The molecule has 0 spiro atoms. The van der Waals surface area contributed by atoms with E-state index in [4.69, 9.17) is 4.52 Å². The zero-order valence-electron chi connectivity index (χ0n) is 16.8. The van der Waals surface area contributed by atoms with Gasteiger partial charge in [0.25, 0.3) is 0 Å². The van der Waals surface area contributed by atoms with Gasteiger partial charge in [0.15, 0.2) is 5.58 Å². The summed E-state index contributed by atoms with van der Waals surface area (Å²) in [5.74, 6) is -0.0365. The van der Waals surface area contributed by atoms with Crippen LogP contribution in [0.3, 0.4) is 0 Å². The fourth-order valence-electron chi connectivity index (χ4n) is 3.14. The minimum atomic E-state index is -3.92. The van der Waals surface area contributed by atoms with Crippen molar-refractivity contribution in [2.45, 2.75) is 45.3 Å². The molecule has 29 heavy (non-hydrogen) atoms. The number of amides is 2. The van der Waals surface area contributed by atoms with E-state index in [0.717, 1.165) is 11.1 Å². The predicted molar refractivity (Wildman–Crippen MR) is 111 cm³/mol. The normalized spacial score (nSPS) is 11.9. The first kappa shape index (κ1) is 20.8. The molecule has 1 heterocycles. The Hall–Kier alpha value is -2.94. The molecule has 2 aromatic carbocycles. The van der Waals surface area contributed by atoms with Crippen molar-refractivity contribution in [1.82, 2.24) is 15.1 Å². The smallest absolute Gasteiger partial charge is 0.332 e. The van der Waals surface area contributed by atoms with Gasteiger partial charge >= 0.3 is 6.03 Å². The molecular weight excluding hydrogens is 392 g/mol. The summed E-state index contributed by atoms with van der Waals surface area (Å²) in [4.78, 5) is 12.5. The highest BCUT2D eigenvalue weighted by atomic mass is 32.2. The number of nitrogens with zero attached hydrogens (tertiary/aromatic N) is 2. The van der Waals surface area contributed by atoms with Gasteiger partial charge < -0.3 is 9.84 Å². The Balaban J connectivity index is 1.77. The Morgan fingerprint density at radius 2 is 1.72 bits per heavy atom. The van der Waals surface area contributed by atoms with E-state index in [2.05, 4.69) is 20.4 Å². The van der Waals surface area contributed by atoms with Crippen LogP contribution >= 0.6 is 0 Å². The summed E-state index contributed by atoms with van der Waals surface area (Å²) in [5, 5.41) is 9.92. The molecule has 3 rings (SSSR count). The van der Waals surface area contributed by atoms with Crippen molar-refractivity contribution in [2.24, 2.45) is 0 Å². The summed E-state index contributed by atoms with van der Waals surface area (Å²) < 4.78 is 32.0. The molecule has 0 aliphatic carbocycles. The largest absolute Gasteiger partial charge is 0.337 e. The van der Waals surface area contributed by atoms with Crippen LogP contribution in [0.25, 0.3) is 11.1 Å². The van der Waals surface area contributed by atoms with E-state index in [-0.39, 0.29) is 17.6 Å². The summed E-state index contributed by atoms with van der Waals surface area (Å²) >= 11 is 0. The average Bonchev–Trinajstić information content (AvgIpc) is 3.08. The van der Waals surface area contributed by atoms with E-state index >= 15 is 0 Å². The molecule has 0 aliphatic heterocycles. The maximum absolute atomic E-state index is 12.5. The Bertz CT molecular complexity index is 1110. The van der Waals surface area contributed by atoms with Gasteiger partial charge in [-0.05, 0) is 40.7 Å². The van der Waals surface area contributed by atoms with Crippen molar-refractivity contribution in [3.05, 3.63) is 53.1 Å². The van der Waals surface area contributed by atoms with Crippen LogP contribution in [0.2, 0.25) is 0 Å². The van der Waals surface area contributed by atoms with Crippen molar-refractivity contribution in [2.75, 3.05) is 5.32 Å². The molecular formula is C20H24N4O4S. The van der Waals surface area contributed by atoms with E-state index < -0.39 is 16.1 Å². The lowest BCUT2D eigenvalue weighted by atomic mass is 9.93. The van der Waals surface area contributed by atoms with Gasteiger partial charge in [-0.2, -0.15) is 0 Å². The van der Waals surface area contributed by atoms with E-state index in [9.17, 15) is 13.2 Å². The number of carbonyl (C=O) groups is 1. The fourth-order valence-corrected chi connectivity index (χ4v) is 4.17. The van der Waals surface area contributed by atoms with Crippen molar-refractivity contribution >= 4 is 32.8 Å². The lowest BCUT2D eigenvalue weighted by molar-refractivity contribution is 0.256. The third kappa shape index (κ3) is 4.92. The number of benzene rings is 2. The number of aromatic nitrogens is 2. The average molecular weight is 417 g/mol. The van der Waals surface area contributed by atoms with Crippen LogP contribution in [-0.4, -0.2) is 24.8 Å². The number of rotatable bonds is 6. The Kier molecular flexibility index (Phi) is 5.88. The third-order valence-corrected chi connectivity index (χ3v) is 5.74. The lowest BCUT2D eigenvalue weighted by Crippen LogP contribution is -2.35. The molecule has 2 N–H and O–H groups in total. The van der Waals surface area contributed by atoms with E-state index in [1.54, 1.807) is 12.1 Å². The zero-order chi connectivity index (χ0) is 21.2.